The Kier molecular flexibility index (Phi) is 5.95. The molecule has 0 amide bonds. The van der Waals surface area contributed by atoms with Gasteiger partial charge in [0.05, 0.1) is 24.0 Å². The second kappa shape index (κ2) is 9.16. The van der Waals surface area contributed by atoms with Crippen molar-refractivity contribution in [1.29, 1.82) is 0 Å². The lowest BCUT2D eigenvalue weighted by atomic mass is 10.2. The Morgan fingerprint density at radius 3 is 2.52 bits per heavy atom. The molecule has 7 heteroatoms. The van der Waals surface area contributed by atoms with Crippen LogP contribution in [0.5, 0.6) is 11.5 Å². The SMILES string of the molecule is OCc1ccc2c(c1)ncn2CCCCN1CCN(c2ccc3c(c2)OCCO3)CC1. The first kappa shape index (κ1) is 20.2. The topological polar surface area (TPSA) is 63.0 Å². The van der Waals surface area contributed by atoms with Gasteiger partial charge in [-0.2, -0.15) is 0 Å². The minimum absolute atomic E-state index is 0.0602. The minimum atomic E-state index is 0.0602. The fourth-order valence-electron chi connectivity index (χ4n) is 4.46. The van der Waals surface area contributed by atoms with E-state index in [-0.39, 0.29) is 6.61 Å². The number of fused-ring (bicyclic) bond motifs is 2. The second-order valence-corrected chi connectivity index (χ2v) is 8.28. The maximum absolute atomic E-state index is 9.28. The number of aliphatic hydroxyl groups excluding tert-OH is 1. The third-order valence-electron chi connectivity index (χ3n) is 6.25. The predicted molar refractivity (Wildman–Crippen MR) is 121 cm³/mol. The molecule has 5 rings (SSSR count). The van der Waals surface area contributed by atoms with Crippen LogP contribution in [0, 0.1) is 0 Å². The van der Waals surface area contributed by atoms with Crippen molar-refractivity contribution >= 4 is 16.7 Å². The van der Waals surface area contributed by atoms with Crippen LogP contribution in [-0.4, -0.2) is 65.5 Å². The number of ether oxygens (including phenoxy) is 2. The Hall–Kier alpha value is -2.77. The summed E-state index contributed by atoms with van der Waals surface area (Å²) in [6.45, 7) is 7.69. The van der Waals surface area contributed by atoms with Crippen LogP contribution >= 0.6 is 0 Å². The molecule has 0 aliphatic carbocycles. The first-order valence-corrected chi connectivity index (χ1v) is 11.2. The molecular formula is C24H30N4O3. The molecule has 1 fully saturated rings. The lowest BCUT2D eigenvalue weighted by molar-refractivity contribution is 0.171. The molecule has 2 aliphatic heterocycles. The zero-order chi connectivity index (χ0) is 21.0. The molecule has 1 aromatic heterocycles. The summed E-state index contributed by atoms with van der Waals surface area (Å²) >= 11 is 0. The lowest BCUT2D eigenvalue weighted by Gasteiger charge is -2.36. The molecular weight excluding hydrogens is 392 g/mol. The van der Waals surface area contributed by atoms with Crippen LogP contribution in [0.25, 0.3) is 11.0 Å². The molecule has 0 atom stereocenters. The summed E-state index contributed by atoms with van der Waals surface area (Å²) in [5, 5.41) is 9.28. The first-order chi connectivity index (χ1) is 15.3. The third kappa shape index (κ3) is 4.48. The van der Waals surface area contributed by atoms with Gasteiger partial charge in [0.15, 0.2) is 11.5 Å². The van der Waals surface area contributed by atoms with Gasteiger partial charge in [-0.05, 0) is 49.2 Å². The molecule has 1 N–H and O–H groups in total. The summed E-state index contributed by atoms with van der Waals surface area (Å²) in [6.07, 6.45) is 4.23. The zero-order valence-corrected chi connectivity index (χ0v) is 17.9. The highest BCUT2D eigenvalue weighted by Crippen LogP contribution is 2.34. The van der Waals surface area contributed by atoms with Gasteiger partial charge in [-0.3, -0.25) is 4.90 Å². The van der Waals surface area contributed by atoms with Crippen LogP contribution in [0.15, 0.2) is 42.7 Å². The quantitative estimate of drug-likeness (QED) is 0.591. The van der Waals surface area contributed by atoms with Gasteiger partial charge in [-0.15, -0.1) is 0 Å². The van der Waals surface area contributed by atoms with Crippen LogP contribution in [-0.2, 0) is 13.2 Å². The molecule has 0 radical (unpaired) electrons. The Morgan fingerprint density at radius 1 is 0.871 bits per heavy atom. The number of rotatable bonds is 7. The van der Waals surface area contributed by atoms with E-state index in [1.165, 1.54) is 12.1 Å². The van der Waals surface area contributed by atoms with Gasteiger partial charge >= 0.3 is 0 Å². The average Bonchev–Trinajstić information content (AvgIpc) is 3.24. The molecule has 2 aromatic carbocycles. The Bertz CT molecular complexity index is 1030. The van der Waals surface area contributed by atoms with Crippen LogP contribution in [0.1, 0.15) is 18.4 Å². The van der Waals surface area contributed by atoms with Gasteiger partial charge < -0.3 is 24.0 Å². The van der Waals surface area contributed by atoms with E-state index in [9.17, 15) is 5.11 Å². The van der Waals surface area contributed by atoms with E-state index >= 15 is 0 Å². The fraction of sp³-hybridized carbons (Fsp3) is 0.458. The van der Waals surface area contributed by atoms with Gasteiger partial charge in [-0.25, -0.2) is 4.98 Å². The highest BCUT2D eigenvalue weighted by molar-refractivity contribution is 5.76. The molecule has 0 unspecified atom stereocenters. The Labute approximate surface area is 182 Å². The minimum Gasteiger partial charge on any atom is -0.486 e. The van der Waals surface area contributed by atoms with Gasteiger partial charge in [0.2, 0.25) is 0 Å². The normalized spacial score (nSPS) is 16.7. The number of anilines is 1. The summed E-state index contributed by atoms with van der Waals surface area (Å²) in [4.78, 5) is 9.48. The van der Waals surface area contributed by atoms with Crippen LogP contribution in [0.2, 0.25) is 0 Å². The van der Waals surface area contributed by atoms with Crippen molar-refractivity contribution in [3.8, 4) is 11.5 Å². The molecule has 3 aromatic rings. The molecule has 31 heavy (non-hydrogen) atoms. The maximum Gasteiger partial charge on any atom is 0.163 e. The van der Waals surface area contributed by atoms with Crippen molar-refractivity contribution in [3.63, 3.8) is 0 Å². The van der Waals surface area contributed by atoms with E-state index in [1.54, 1.807) is 0 Å². The second-order valence-electron chi connectivity index (χ2n) is 8.28. The summed E-state index contributed by atoms with van der Waals surface area (Å²) in [5.74, 6) is 1.72. The average molecular weight is 423 g/mol. The van der Waals surface area contributed by atoms with Crippen LogP contribution in [0.3, 0.4) is 0 Å². The number of benzene rings is 2. The number of aryl methyl sites for hydroxylation is 1. The predicted octanol–water partition coefficient (Wildman–Crippen LogP) is 2.90. The zero-order valence-electron chi connectivity index (χ0n) is 17.9. The summed E-state index contributed by atoms with van der Waals surface area (Å²) in [6, 6.07) is 12.3. The standard InChI is InChI=1S/C24H30N4O3/c29-17-19-3-5-22-21(15-19)25-18-28(22)8-2-1-7-26-9-11-27(12-10-26)20-4-6-23-24(16-20)31-14-13-30-23/h3-6,15-16,18,29H,1-2,7-14,17H2. The van der Waals surface area contributed by atoms with Gasteiger partial charge in [0.25, 0.3) is 0 Å². The summed E-state index contributed by atoms with van der Waals surface area (Å²) in [7, 11) is 0. The first-order valence-electron chi connectivity index (χ1n) is 11.2. The number of aromatic nitrogens is 2. The molecule has 0 bridgehead atoms. The van der Waals surface area contributed by atoms with Crippen molar-refractivity contribution < 1.29 is 14.6 Å². The Balaban J connectivity index is 1.07. The number of nitrogens with zero attached hydrogens (tertiary/aromatic N) is 4. The van der Waals surface area contributed by atoms with E-state index < -0.39 is 0 Å². The number of imidazole rings is 1. The van der Waals surface area contributed by atoms with Gasteiger partial charge in [0, 0.05) is 44.5 Å². The maximum atomic E-state index is 9.28. The van der Waals surface area contributed by atoms with E-state index in [0.717, 1.165) is 73.8 Å². The molecule has 164 valence electrons. The van der Waals surface area contributed by atoms with Crippen molar-refractivity contribution in [2.75, 3.05) is 50.8 Å². The largest absolute Gasteiger partial charge is 0.486 e. The summed E-state index contributed by atoms with van der Waals surface area (Å²) < 4.78 is 13.6. The number of hydrogen-bond donors (Lipinski definition) is 1. The van der Waals surface area contributed by atoms with Crippen molar-refractivity contribution in [2.45, 2.75) is 26.0 Å². The van der Waals surface area contributed by atoms with Crippen molar-refractivity contribution in [1.82, 2.24) is 14.5 Å². The Morgan fingerprint density at radius 2 is 1.68 bits per heavy atom. The van der Waals surface area contributed by atoms with Crippen molar-refractivity contribution in [2.24, 2.45) is 0 Å². The highest BCUT2D eigenvalue weighted by Gasteiger charge is 2.19. The number of hydrogen-bond acceptors (Lipinski definition) is 6. The molecule has 2 aliphatic rings. The molecule has 3 heterocycles. The van der Waals surface area contributed by atoms with Gasteiger partial charge in [-0.1, -0.05) is 6.07 Å². The molecule has 0 spiro atoms. The van der Waals surface area contributed by atoms with Gasteiger partial charge in [0.1, 0.15) is 13.2 Å². The monoisotopic (exact) mass is 422 g/mol. The molecule has 0 saturated carbocycles. The van der Waals surface area contributed by atoms with Crippen LogP contribution in [0.4, 0.5) is 5.69 Å². The van der Waals surface area contributed by atoms with Crippen LogP contribution < -0.4 is 14.4 Å². The lowest BCUT2D eigenvalue weighted by Crippen LogP contribution is -2.46. The van der Waals surface area contributed by atoms with E-state index in [4.69, 9.17) is 9.47 Å². The number of piperazine rings is 1. The molecule has 7 nitrogen and oxygen atoms in total. The van der Waals surface area contributed by atoms with Crippen molar-refractivity contribution in [3.05, 3.63) is 48.3 Å². The van der Waals surface area contributed by atoms with E-state index in [1.807, 2.05) is 24.5 Å². The highest BCUT2D eigenvalue weighted by atomic mass is 16.6. The summed E-state index contributed by atoms with van der Waals surface area (Å²) in [5.41, 5.74) is 4.24. The van der Waals surface area contributed by atoms with E-state index in [2.05, 4.69) is 37.5 Å². The van der Waals surface area contributed by atoms with E-state index in [0.29, 0.717) is 13.2 Å². The smallest absolute Gasteiger partial charge is 0.163 e. The number of aliphatic hydroxyl groups is 1. The molecule has 1 saturated heterocycles. The fourth-order valence-corrected chi connectivity index (χ4v) is 4.46. The number of unbranched alkanes of at least 4 members (excludes halogenated alkanes) is 1. The third-order valence-corrected chi connectivity index (χ3v) is 6.25.